The van der Waals surface area contributed by atoms with E-state index in [2.05, 4.69) is 20.9 Å². The normalized spacial score (nSPS) is 13.7. The highest BCUT2D eigenvalue weighted by Crippen LogP contribution is 2.39. The van der Waals surface area contributed by atoms with E-state index in [0.29, 0.717) is 11.6 Å². The summed E-state index contributed by atoms with van der Waals surface area (Å²) >= 11 is 3.11. The lowest BCUT2D eigenvalue weighted by molar-refractivity contribution is 0.0588. The number of carbonyl (C=O) groups excluding carboxylic acids is 1. The van der Waals surface area contributed by atoms with Crippen molar-refractivity contribution in [2.75, 3.05) is 13.7 Å². The molecule has 0 radical (unpaired) electrons. The van der Waals surface area contributed by atoms with Crippen LogP contribution in [-0.4, -0.2) is 34.3 Å². The zero-order valence-electron chi connectivity index (χ0n) is 15.5. The Bertz CT molecular complexity index is 1150. The molecule has 0 spiro atoms. The van der Waals surface area contributed by atoms with Gasteiger partial charge in [-0.05, 0) is 39.7 Å². The summed E-state index contributed by atoms with van der Waals surface area (Å²) in [6.07, 6.45) is -1.59. The van der Waals surface area contributed by atoms with E-state index in [1.807, 2.05) is 0 Å². The summed E-state index contributed by atoms with van der Waals surface area (Å²) in [6.45, 7) is 0.215. The van der Waals surface area contributed by atoms with Gasteiger partial charge in [0.15, 0.2) is 5.69 Å². The number of carbonyl (C=O) groups is 1. The van der Waals surface area contributed by atoms with Crippen LogP contribution in [0, 0.1) is 17.5 Å². The molecule has 6 nitrogen and oxygen atoms in total. The minimum Gasteiger partial charge on any atom is -0.491 e. The molecule has 0 amide bonds. The Morgan fingerprint density at radius 2 is 1.93 bits per heavy atom. The maximum atomic E-state index is 14.0. The number of methoxy groups -OCH3 is 1. The second-order valence-electron chi connectivity index (χ2n) is 6.53. The lowest BCUT2D eigenvalue weighted by atomic mass is 10.0. The number of imidazole rings is 1. The van der Waals surface area contributed by atoms with Crippen molar-refractivity contribution in [2.45, 2.75) is 12.6 Å². The van der Waals surface area contributed by atoms with E-state index in [1.165, 1.54) is 16.7 Å². The average molecular weight is 483 g/mol. The summed E-state index contributed by atoms with van der Waals surface area (Å²) in [5.41, 5.74) is 0.0255. The molecule has 1 atom stereocenters. The molecule has 10 heteroatoms. The van der Waals surface area contributed by atoms with Crippen molar-refractivity contribution >= 4 is 21.9 Å². The fourth-order valence-corrected chi connectivity index (χ4v) is 3.73. The third-order valence-electron chi connectivity index (χ3n) is 4.68. The standard InChI is InChI=1S/C20H14BrF3N2O4/c1-29-20(28)16-17(18(27)9-4-10(22)6-11(23)5-9)26-2-3-30-15-8-14(24)13(21)7-12(15)19(26)25-16/h4-8,18,27H,2-3H2,1H3. The summed E-state index contributed by atoms with van der Waals surface area (Å²) in [7, 11) is 1.15. The molecule has 1 aliphatic heterocycles. The van der Waals surface area contributed by atoms with Crippen molar-refractivity contribution in [1.29, 1.82) is 0 Å². The molecule has 1 aliphatic rings. The minimum absolute atomic E-state index is 0.0150. The van der Waals surface area contributed by atoms with Crippen LogP contribution in [0.3, 0.4) is 0 Å². The number of hydrogen-bond acceptors (Lipinski definition) is 5. The number of ether oxygens (including phenoxy) is 2. The van der Waals surface area contributed by atoms with Crippen LogP contribution < -0.4 is 4.74 Å². The van der Waals surface area contributed by atoms with Gasteiger partial charge < -0.3 is 19.1 Å². The van der Waals surface area contributed by atoms with Crippen molar-refractivity contribution < 1.29 is 32.5 Å². The first-order valence-corrected chi connectivity index (χ1v) is 9.54. The predicted octanol–water partition coefficient (Wildman–Crippen LogP) is 3.99. The van der Waals surface area contributed by atoms with Gasteiger partial charge in [0.25, 0.3) is 0 Å². The number of fused-ring (bicyclic) bond motifs is 3. The molecule has 3 aromatic rings. The highest BCUT2D eigenvalue weighted by molar-refractivity contribution is 9.10. The molecule has 0 saturated heterocycles. The number of aliphatic hydroxyl groups is 1. The Morgan fingerprint density at radius 1 is 1.23 bits per heavy atom. The third kappa shape index (κ3) is 3.46. The zero-order valence-corrected chi connectivity index (χ0v) is 17.0. The van der Waals surface area contributed by atoms with Gasteiger partial charge in [0.2, 0.25) is 0 Å². The Morgan fingerprint density at radius 3 is 2.60 bits per heavy atom. The number of aliphatic hydroxyl groups excluding tert-OH is 1. The SMILES string of the molecule is COC(=O)c1nc2n(c1C(O)c1cc(F)cc(F)c1)CCOc1cc(F)c(Br)cc1-2. The maximum absolute atomic E-state index is 14.0. The molecule has 30 heavy (non-hydrogen) atoms. The molecular weight excluding hydrogens is 469 g/mol. The van der Waals surface area contributed by atoms with Crippen molar-refractivity contribution in [3.8, 4) is 17.1 Å². The lowest BCUT2D eigenvalue weighted by Gasteiger charge is -2.16. The summed E-state index contributed by atoms with van der Waals surface area (Å²) in [5.74, 6) is -2.73. The quantitative estimate of drug-likeness (QED) is 0.571. The predicted molar refractivity (Wildman–Crippen MR) is 103 cm³/mol. The van der Waals surface area contributed by atoms with Crippen LogP contribution in [0.2, 0.25) is 0 Å². The van der Waals surface area contributed by atoms with Gasteiger partial charge in [-0.25, -0.2) is 22.9 Å². The largest absolute Gasteiger partial charge is 0.491 e. The van der Waals surface area contributed by atoms with E-state index >= 15 is 0 Å². The highest BCUT2D eigenvalue weighted by Gasteiger charge is 2.32. The molecule has 0 fully saturated rings. The fraction of sp³-hybridized carbons (Fsp3) is 0.200. The van der Waals surface area contributed by atoms with E-state index in [1.54, 1.807) is 0 Å². The third-order valence-corrected chi connectivity index (χ3v) is 5.29. The van der Waals surface area contributed by atoms with Gasteiger partial charge in [-0.3, -0.25) is 0 Å². The summed E-state index contributed by atoms with van der Waals surface area (Å²) in [5, 5.41) is 10.9. The Balaban J connectivity index is 1.96. The molecular formula is C20H14BrF3N2O4. The molecule has 1 aromatic heterocycles. The molecule has 4 rings (SSSR count). The van der Waals surface area contributed by atoms with E-state index in [9.17, 15) is 23.1 Å². The molecule has 2 aromatic carbocycles. The van der Waals surface area contributed by atoms with Crippen LogP contribution in [0.15, 0.2) is 34.8 Å². The lowest BCUT2D eigenvalue weighted by Crippen LogP contribution is -2.16. The van der Waals surface area contributed by atoms with Gasteiger partial charge in [0, 0.05) is 12.1 Å². The number of benzene rings is 2. The zero-order chi connectivity index (χ0) is 21.6. The average Bonchev–Trinajstić information content (AvgIpc) is 2.99. The first-order valence-electron chi connectivity index (χ1n) is 8.75. The van der Waals surface area contributed by atoms with Crippen LogP contribution in [0.5, 0.6) is 5.75 Å². The van der Waals surface area contributed by atoms with Crippen molar-refractivity contribution in [3.63, 3.8) is 0 Å². The number of esters is 1. The van der Waals surface area contributed by atoms with Crippen molar-refractivity contribution in [2.24, 2.45) is 0 Å². The monoisotopic (exact) mass is 482 g/mol. The van der Waals surface area contributed by atoms with E-state index in [4.69, 9.17) is 9.47 Å². The maximum Gasteiger partial charge on any atom is 0.358 e. The Kier molecular flexibility index (Phi) is 5.29. The summed E-state index contributed by atoms with van der Waals surface area (Å²) < 4.78 is 53.4. The van der Waals surface area contributed by atoms with Crippen molar-refractivity contribution in [1.82, 2.24) is 9.55 Å². The van der Waals surface area contributed by atoms with E-state index in [-0.39, 0.29) is 46.1 Å². The Labute approximate surface area is 177 Å². The molecule has 2 heterocycles. The minimum atomic E-state index is -1.59. The molecule has 0 aliphatic carbocycles. The molecule has 0 saturated carbocycles. The van der Waals surface area contributed by atoms with Crippen LogP contribution in [0.25, 0.3) is 11.4 Å². The van der Waals surface area contributed by atoms with Gasteiger partial charge >= 0.3 is 5.97 Å². The van der Waals surface area contributed by atoms with Gasteiger partial charge in [-0.1, -0.05) is 0 Å². The van der Waals surface area contributed by atoms with Crippen LogP contribution in [0.4, 0.5) is 13.2 Å². The van der Waals surface area contributed by atoms with Gasteiger partial charge in [-0.2, -0.15) is 0 Å². The summed E-state index contributed by atoms with van der Waals surface area (Å²) in [6, 6.07) is 5.21. The summed E-state index contributed by atoms with van der Waals surface area (Å²) in [4.78, 5) is 16.7. The molecule has 156 valence electrons. The van der Waals surface area contributed by atoms with Gasteiger partial charge in [0.1, 0.15) is 41.7 Å². The topological polar surface area (TPSA) is 73.6 Å². The first kappa shape index (κ1) is 20.4. The van der Waals surface area contributed by atoms with E-state index in [0.717, 1.165) is 19.2 Å². The second-order valence-corrected chi connectivity index (χ2v) is 7.38. The first-order chi connectivity index (χ1) is 14.3. The van der Waals surface area contributed by atoms with Crippen LogP contribution in [-0.2, 0) is 11.3 Å². The number of rotatable bonds is 3. The number of hydrogen-bond donors (Lipinski definition) is 1. The van der Waals surface area contributed by atoms with Crippen LogP contribution >= 0.6 is 15.9 Å². The van der Waals surface area contributed by atoms with E-state index < -0.39 is 29.5 Å². The number of halogens is 4. The van der Waals surface area contributed by atoms with Gasteiger partial charge in [0.05, 0.1) is 29.4 Å². The highest BCUT2D eigenvalue weighted by atomic mass is 79.9. The molecule has 1 unspecified atom stereocenters. The number of aromatic nitrogens is 2. The second kappa shape index (κ2) is 7.77. The fourth-order valence-electron chi connectivity index (χ4n) is 3.38. The Hall–Kier alpha value is -2.85. The molecule has 1 N–H and O–H groups in total. The van der Waals surface area contributed by atoms with Gasteiger partial charge in [-0.15, -0.1) is 0 Å². The number of nitrogens with zero attached hydrogens (tertiary/aromatic N) is 2. The smallest absolute Gasteiger partial charge is 0.358 e. The van der Waals surface area contributed by atoms with Crippen molar-refractivity contribution in [3.05, 3.63) is 69.2 Å². The molecule has 0 bridgehead atoms. The van der Waals surface area contributed by atoms with Crippen LogP contribution in [0.1, 0.15) is 27.8 Å².